The van der Waals surface area contributed by atoms with E-state index in [0.717, 1.165) is 43.9 Å². The molecule has 0 radical (unpaired) electrons. The summed E-state index contributed by atoms with van der Waals surface area (Å²) in [5, 5.41) is 2.83. The van der Waals surface area contributed by atoms with E-state index in [1.807, 2.05) is 30.3 Å². The van der Waals surface area contributed by atoms with Gasteiger partial charge in [-0.05, 0) is 42.9 Å². The molecule has 1 aliphatic rings. The average molecular weight is 512 g/mol. The van der Waals surface area contributed by atoms with Crippen molar-refractivity contribution in [1.29, 1.82) is 0 Å². The van der Waals surface area contributed by atoms with E-state index in [1.165, 1.54) is 0 Å². The highest BCUT2D eigenvalue weighted by Crippen LogP contribution is 2.27. The molecule has 8 nitrogen and oxygen atoms in total. The third-order valence-corrected chi connectivity index (χ3v) is 7.38. The minimum Gasteiger partial charge on any atom is -0.434 e. The number of carbonyl (C=O) groups excluding carboxylic acids is 2. The molecule has 0 saturated heterocycles. The molecule has 2 atom stereocenters. The minimum atomic E-state index is -3.63. The first kappa shape index (κ1) is 26.0. The Hall–Kier alpha value is -3.04. The molecule has 2 N–H and O–H groups in total. The topological polar surface area (TPSA) is 118 Å². The van der Waals surface area contributed by atoms with Crippen molar-refractivity contribution in [2.45, 2.75) is 63.5 Å². The van der Waals surface area contributed by atoms with Crippen molar-refractivity contribution in [3.05, 3.63) is 66.1 Å². The van der Waals surface area contributed by atoms with Crippen LogP contribution in [0.1, 0.15) is 61.2 Å². The third-order valence-electron chi connectivity index (χ3n) is 6.67. The fourth-order valence-corrected chi connectivity index (χ4v) is 5.57. The third kappa shape index (κ3) is 7.24. The van der Waals surface area contributed by atoms with Gasteiger partial charge in [0.2, 0.25) is 21.7 Å². The molecule has 9 heteroatoms. The Morgan fingerprint density at radius 3 is 2.39 bits per heavy atom. The van der Waals surface area contributed by atoms with Crippen molar-refractivity contribution in [3.63, 3.8) is 0 Å². The zero-order valence-corrected chi connectivity index (χ0v) is 21.3. The van der Waals surface area contributed by atoms with Crippen molar-refractivity contribution < 1.29 is 22.4 Å². The first-order chi connectivity index (χ1) is 17.3. The number of fused-ring (bicyclic) bond motifs is 1. The summed E-state index contributed by atoms with van der Waals surface area (Å²) in [5.74, 6) is -0.756. The summed E-state index contributed by atoms with van der Waals surface area (Å²) in [6, 6.07) is 14.9. The van der Waals surface area contributed by atoms with Gasteiger partial charge in [-0.15, -0.1) is 0 Å². The fourth-order valence-electron chi connectivity index (χ4n) is 4.85. The molecular weight excluding hydrogens is 478 g/mol. The van der Waals surface area contributed by atoms with E-state index in [9.17, 15) is 18.0 Å². The lowest BCUT2D eigenvalue weighted by Crippen LogP contribution is -2.52. The monoisotopic (exact) mass is 511 g/mol. The van der Waals surface area contributed by atoms with Gasteiger partial charge in [0, 0.05) is 0 Å². The summed E-state index contributed by atoms with van der Waals surface area (Å²) < 4.78 is 32.3. The number of Topliss-reactive ketones (excluding diaryl/α,β-unsaturated/α-hetero) is 1. The summed E-state index contributed by atoms with van der Waals surface area (Å²) in [7, 11) is -3.63. The molecule has 2 aromatic carbocycles. The second kappa shape index (κ2) is 11.8. The Balaban J connectivity index is 1.55. The average Bonchev–Trinajstić information content (AvgIpc) is 3.30. The minimum absolute atomic E-state index is 0.0746. The Labute approximate surface area is 211 Å². The maximum absolute atomic E-state index is 13.5. The van der Waals surface area contributed by atoms with Crippen LogP contribution >= 0.6 is 0 Å². The number of oxazole rings is 1. The van der Waals surface area contributed by atoms with Crippen molar-refractivity contribution in [1.82, 2.24) is 15.0 Å². The Morgan fingerprint density at radius 1 is 1.00 bits per heavy atom. The van der Waals surface area contributed by atoms with E-state index in [0.29, 0.717) is 30.4 Å². The van der Waals surface area contributed by atoms with Gasteiger partial charge in [-0.1, -0.05) is 74.6 Å². The van der Waals surface area contributed by atoms with Crippen molar-refractivity contribution >= 4 is 32.8 Å². The number of benzene rings is 2. The van der Waals surface area contributed by atoms with Crippen LogP contribution in [-0.4, -0.2) is 43.4 Å². The maximum Gasteiger partial charge on any atom is 0.266 e. The van der Waals surface area contributed by atoms with E-state index in [4.69, 9.17) is 4.42 Å². The number of para-hydroxylation sites is 2. The van der Waals surface area contributed by atoms with Gasteiger partial charge in [0.05, 0.1) is 12.3 Å². The predicted octanol–water partition coefficient (Wildman–Crippen LogP) is 4.02. The summed E-state index contributed by atoms with van der Waals surface area (Å²) in [6.45, 7) is 0. The molecular formula is C27H33N3O5S. The molecule has 192 valence electrons. The number of amides is 1. The molecule has 1 heterocycles. The van der Waals surface area contributed by atoms with Crippen LogP contribution in [0.3, 0.4) is 0 Å². The fraction of sp³-hybridized carbons (Fsp3) is 0.444. The molecule has 36 heavy (non-hydrogen) atoms. The van der Waals surface area contributed by atoms with Crippen LogP contribution in [0.15, 0.2) is 59.0 Å². The molecule has 2 unspecified atom stereocenters. The lowest BCUT2D eigenvalue weighted by molar-refractivity contribution is -0.123. The number of carbonyl (C=O) groups is 2. The Bertz CT molecular complexity index is 1250. The number of aromatic nitrogens is 1. The highest BCUT2D eigenvalue weighted by molar-refractivity contribution is 7.88. The summed E-state index contributed by atoms with van der Waals surface area (Å²) in [6.07, 6.45) is 7.57. The number of hydrogen-bond acceptors (Lipinski definition) is 6. The molecule has 1 fully saturated rings. The van der Waals surface area contributed by atoms with E-state index in [2.05, 4.69) is 15.0 Å². The molecule has 0 spiro atoms. The van der Waals surface area contributed by atoms with Gasteiger partial charge in [0.1, 0.15) is 11.6 Å². The maximum atomic E-state index is 13.5. The number of sulfonamides is 1. The molecule has 1 amide bonds. The standard InChI is InChI=1S/C27H33N3O5S/c1-36(33,34)30-23(18-20-12-6-3-7-13-20)26(32)28-22(17-16-19-10-4-2-5-11-19)25(31)27-29-21-14-8-9-15-24(21)35-27/h2,4-5,8-11,14-15,20,22-23,30H,3,6-7,12-13,16-18H2,1H3,(H,28,32). The highest BCUT2D eigenvalue weighted by Gasteiger charge is 2.32. The summed E-state index contributed by atoms with van der Waals surface area (Å²) >= 11 is 0. The van der Waals surface area contributed by atoms with Crippen LogP contribution in [0, 0.1) is 5.92 Å². The second-order valence-corrected chi connectivity index (χ2v) is 11.4. The zero-order chi connectivity index (χ0) is 25.5. The van der Waals surface area contributed by atoms with Gasteiger partial charge < -0.3 is 9.73 Å². The van der Waals surface area contributed by atoms with Gasteiger partial charge >= 0.3 is 0 Å². The summed E-state index contributed by atoms with van der Waals surface area (Å²) in [5.41, 5.74) is 2.07. The van der Waals surface area contributed by atoms with Gasteiger partial charge in [-0.25, -0.2) is 18.1 Å². The van der Waals surface area contributed by atoms with Gasteiger partial charge in [-0.2, -0.15) is 0 Å². The number of ketones is 1. The van der Waals surface area contributed by atoms with Crippen LogP contribution in [-0.2, 0) is 21.2 Å². The van der Waals surface area contributed by atoms with Gasteiger partial charge in [0.15, 0.2) is 5.58 Å². The van der Waals surface area contributed by atoms with E-state index in [-0.39, 0.29) is 11.8 Å². The van der Waals surface area contributed by atoms with Crippen LogP contribution < -0.4 is 10.0 Å². The first-order valence-electron chi connectivity index (χ1n) is 12.5. The smallest absolute Gasteiger partial charge is 0.266 e. The predicted molar refractivity (Wildman–Crippen MR) is 138 cm³/mol. The molecule has 1 aliphatic carbocycles. The van der Waals surface area contributed by atoms with Crippen molar-refractivity contribution in [2.24, 2.45) is 5.92 Å². The normalized spacial score (nSPS) is 16.5. The molecule has 0 aliphatic heterocycles. The van der Waals surface area contributed by atoms with Gasteiger partial charge in [-0.3, -0.25) is 9.59 Å². The largest absolute Gasteiger partial charge is 0.434 e. The van der Waals surface area contributed by atoms with E-state index >= 15 is 0 Å². The van der Waals surface area contributed by atoms with Crippen LogP contribution in [0.25, 0.3) is 11.1 Å². The summed E-state index contributed by atoms with van der Waals surface area (Å²) in [4.78, 5) is 31.2. The lowest BCUT2D eigenvalue weighted by Gasteiger charge is -2.27. The number of nitrogens with zero attached hydrogens (tertiary/aromatic N) is 1. The molecule has 1 saturated carbocycles. The SMILES string of the molecule is CS(=O)(=O)NC(CC1CCCCC1)C(=O)NC(CCc1ccccc1)C(=O)c1nc2ccccc2o1. The van der Waals surface area contributed by atoms with Crippen molar-refractivity contribution in [3.8, 4) is 0 Å². The van der Waals surface area contributed by atoms with Crippen LogP contribution in [0.4, 0.5) is 0 Å². The van der Waals surface area contributed by atoms with E-state index < -0.39 is 33.8 Å². The zero-order valence-electron chi connectivity index (χ0n) is 20.5. The number of rotatable bonds is 11. The van der Waals surface area contributed by atoms with Crippen LogP contribution in [0.5, 0.6) is 0 Å². The first-order valence-corrected chi connectivity index (χ1v) is 14.4. The second-order valence-electron chi connectivity index (χ2n) is 9.62. The molecule has 1 aromatic heterocycles. The Morgan fingerprint density at radius 2 is 1.69 bits per heavy atom. The van der Waals surface area contributed by atoms with Crippen LogP contribution in [0.2, 0.25) is 0 Å². The Kier molecular flexibility index (Phi) is 8.53. The molecule has 0 bridgehead atoms. The number of aryl methyl sites for hydroxylation is 1. The number of hydrogen-bond donors (Lipinski definition) is 2. The van der Waals surface area contributed by atoms with E-state index in [1.54, 1.807) is 24.3 Å². The number of nitrogens with one attached hydrogen (secondary N) is 2. The molecule has 4 rings (SSSR count). The highest BCUT2D eigenvalue weighted by atomic mass is 32.2. The van der Waals surface area contributed by atoms with Crippen molar-refractivity contribution in [2.75, 3.05) is 6.26 Å². The quantitative estimate of drug-likeness (QED) is 0.376. The van der Waals surface area contributed by atoms with Gasteiger partial charge in [0.25, 0.3) is 5.89 Å². The molecule has 3 aromatic rings. The lowest BCUT2D eigenvalue weighted by atomic mass is 9.85.